The van der Waals surface area contributed by atoms with Crippen molar-refractivity contribution in [2.45, 2.75) is 6.04 Å². The van der Waals surface area contributed by atoms with Gasteiger partial charge in [0.15, 0.2) is 11.6 Å². The van der Waals surface area contributed by atoms with Gasteiger partial charge in [-0.1, -0.05) is 6.07 Å². The van der Waals surface area contributed by atoms with E-state index in [2.05, 4.69) is 15.6 Å². The average molecular weight is 405 g/mol. The Labute approximate surface area is 162 Å². The lowest BCUT2D eigenvalue weighted by atomic mass is 10.1. The molecule has 2 aromatic carbocycles. The smallest absolute Gasteiger partial charge is 0.271 e. The maximum Gasteiger partial charge on any atom is 0.271 e. The number of amides is 2. The van der Waals surface area contributed by atoms with E-state index in [1.807, 2.05) is 0 Å². The molecule has 144 valence electrons. The molecule has 1 unspecified atom stereocenters. The maximum absolute atomic E-state index is 13.5. The summed E-state index contributed by atoms with van der Waals surface area (Å²) in [5, 5.41) is 6.81. The molecule has 5 nitrogen and oxygen atoms in total. The van der Waals surface area contributed by atoms with Crippen LogP contribution in [0.4, 0.5) is 13.2 Å². The van der Waals surface area contributed by atoms with Gasteiger partial charge in [-0.05, 0) is 42.0 Å². The second kappa shape index (κ2) is 8.22. The van der Waals surface area contributed by atoms with Gasteiger partial charge in [0.05, 0.1) is 0 Å². The highest BCUT2D eigenvalue weighted by molar-refractivity contribution is 7.13. The van der Waals surface area contributed by atoms with Gasteiger partial charge in [0.2, 0.25) is 5.91 Å². The maximum atomic E-state index is 13.5. The number of nitrogens with one attached hydrogen (secondary N) is 2. The Morgan fingerprint density at radius 3 is 2.39 bits per heavy atom. The molecule has 0 saturated heterocycles. The van der Waals surface area contributed by atoms with Gasteiger partial charge in [-0.25, -0.2) is 18.2 Å². The molecule has 0 spiro atoms. The van der Waals surface area contributed by atoms with Gasteiger partial charge in [-0.2, -0.15) is 0 Å². The number of thiazole rings is 1. The van der Waals surface area contributed by atoms with Crippen molar-refractivity contribution in [1.29, 1.82) is 0 Å². The normalized spacial score (nSPS) is 11.7. The second-order valence-corrected chi connectivity index (χ2v) is 6.60. The zero-order valence-electron chi connectivity index (χ0n) is 14.5. The van der Waals surface area contributed by atoms with Crippen molar-refractivity contribution >= 4 is 23.2 Å². The first-order chi connectivity index (χ1) is 13.4. The van der Waals surface area contributed by atoms with Crippen molar-refractivity contribution in [3.63, 3.8) is 0 Å². The van der Waals surface area contributed by atoms with Crippen LogP contribution in [-0.2, 0) is 4.79 Å². The zero-order valence-corrected chi connectivity index (χ0v) is 15.3. The van der Waals surface area contributed by atoms with Crippen molar-refractivity contribution in [1.82, 2.24) is 15.6 Å². The molecule has 1 aromatic heterocycles. The number of carbonyl (C=O) groups is 2. The molecule has 2 amide bonds. The first-order valence-corrected chi connectivity index (χ1v) is 8.96. The van der Waals surface area contributed by atoms with Gasteiger partial charge in [0.1, 0.15) is 22.6 Å². The van der Waals surface area contributed by atoms with Gasteiger partial charge in [-0.3, -0.25) is 9.59 Å². The zero-order chi connectivity index (χ0) is 20.3. The Morgan fingerprint density at radius 2 is 1.75 bits per heavy atom. The first-order valence-electron chi connectivity index (χ1n) is 8.08. The van der Waals surface area contributed by atoms with E-state index >= 15 is 0 Å². The van der Waals surface area contributed by atoms with Crippen LogP contribution in [0.1, 0.15) is 22.1 Å². The SMILES string of the molecule is CNC(=O)C(NC(=O)c1csc(-c2ccc(F)cc2)n1)c1ccc(F)c(F)c1. The van der Waals surface area contributed by atoms with Crippen molar-refractivity contribution in [2.75, 3.05) is 7.05 Å². The van der Waals surface area contributed by atoms with Crippen LogP contribution in [0.25, 0.3) is 10.6 Å². The number of hydrogen-bond donors (Lipinski definition) is 2. The predicted octanol–water partition coefficient (Wildman–Crippen LogP) is 3.44. The quantitative estimate of drug-likeness (QED) is 0.683. The predicted molar refractivity (Wildman–Crippen MR) is 98.1 cm³/mol. The molecule has 0 aliphatic carbocycles. The van der Waals surface area contributed by atoms with E-state index in [9.17, 15) is 22.8 Å². The lowest BCUT2D eigenvalue weighted by molar-refractivity contribution is -0.122. The summed E-state index contributed by atoms with van der Waals surface area (Å²) in [6, 6.07) is 7.33. The van der Waals surface area contributed by atoms with E-state index < -0.39 is 35.3 Å². The molecule has 1 heterocycles. The number of carbonyl (C=O) groups excluding carboxylic acids is 2. The van der Waals surface area contributed by atoms with Crippen molar-refractivity contribution in [2.24, 2.45) is 0 Å². The summed E-state index contributed by atoms with van der Waals surface area (Å²) in [5.74, 6) is -3.85. The van der Waals surface area contributed by atoms with Crippen LogP contribution < -0.4 is 10.6 Å². The Kier molecular flexibility index (Phi) is 5.74. The van der Waals surface area contributed by atoms with Crippen LogP contribution in [0.5, 0.6) is 0 Å². The summed E-state index contributed by atoms with van der Waals surface area (Å²) < 4.78 is 39.7. The van der Waals surface area contributed by atoms with Crippen molar-refractivity contribution < 1.29 is 22.8 Å². The first kappa shape index (κ1) is 19.6. The molecule has 28 heavy (non-hydrogen) atoms. The fourth-order valence-corrected chi connectivity index (χ4v) is 3.25. The van der Waals surface area contributed by atoms with Crippen molar-refractivity contribution in [3.05, 3.63) is 76.6 Å². The molecule has 0 saturated carbocycles. The highest BCUT2D eigenvalue weighted by Gasteiger charge is 2.24. The molecular formula is C19H14F3N3O2S. The Hall–Kier alpha value is -3.20. The third kappa shape index (κ3) is 4.20. The Balaban J connectivity index is 1.83. The fraction of sp³-hybridized carbons (Fsp3) is 0.105. The van der Waals surface area contributed by atoms with Crippen LogP contribution >= 0.6 is 11.3 Å². The summed E-state index contributed by atoms with van der Waals surface area (Å²) in [6.07, 6.45) is 0. The molecule has 0 aliphatic rings. The number of rotatable bonds is 5. The van der Waals surface area contributed by atoms with Gasteiger partial charge < -0.3 is 10.6 Å². The molecule has 2 N–H and O–H groups in total. The lowest BCUT2D eigenvalue weighted by Crippen LogP contribution is -2.39. The van der Waals surface area contributed by atoms with Crippen LogP contribution in [0.15, 0.2) is 47.8 Å². The minimum absolute atomic E-state index is 0.0424. The van der Waals surface area contributed by atoms with E-state index in [-0.39, 0.29) is 11.3 Å². The number of aromatic nitrogens is 1. The molecule has 1 atom stereocenters. The van der Waals surface area contributed by atoms with E-state index in [0.717, 1.165) is 12.1 Å². The third-order valence-corrected chi connectivity index (χ3v) is 4.78. The number of benzene rings is 2. The van der Waals surface area contributed by atoms with Crippen LogP contribution in [-0.4, -0.2) is 23.8 Å². The molecule has 0 aliphatic heterocycles. The third-order valence-electron chi connectivity index (χ3n) is 3.89. The van der Waals surface area contributed by atoms with Crippen LogP contribution in [0.2, 0.25) is 0 Å². The fourth-order valence-electron chi connectivity index (χ4n) is 2.44. The topological polar surface area (TPSA) is 71.1 Å². The minimum Gasteiger partial charge on any atom is -0.357 e. The number of hydrogen-bond acceptors (Lipinski definition) is 4. The highest BCUT2D eigenvalue weighted by atomic mass is 32.1. The lowest BCUT2D eigenvalue weighted by Gasteiger charge is -2.17. The second-order valence-electron chi connectivity index (χ2n) is 5.74. The van der Waals surface area contributed by atoms with Gasteiger partial charge in [-0.15, -0.1) is 11.3 Å². The molecule has 9 heteroatoms. The van der Waals surface area contributed by atoms with E-state index in [1.54, 1.807) is 0 Å². The van der Waals surface area contributed by atoms with Gasteiger partial charge in [0, 0.05) is 18.0 Å². The summed E-state index contributed by atoms with van der Waals surface area (Å²) in [6.45, 7) is 0. The number of nitrogens with zero attached hydrogens (tertiary/aromatic N) is 1. The Bertz CT molecular complexity index is 1020. The monoisotopic (exact) mass is 405 g/mol. The summed E-state index contributed by atoms with van der Waals surface area (Å²) in [5.41, 5.74) is 0.760. The van der Waals surface area contributed by atoms with E-state index in [1.165, 1.54) is 54.1 Å². The summed E-state index contributed by atoms with van der Waals surface area (Å²) >= 11 is 1.17. The molecule has 3 aromatic rings. The van der Waals surface area contributed by atoms with Crippen LogP contribution in [0, 0.1) is 17.5 Å². The van der Waals surface area contributed by atoms with E-state index in [4.69, 9.17) is 0 Å². The number of halogens is 3. The van der Waals surface area contributed by atoms with Gasteiger partial charge >= 0.3 is 0 Å². The highest BCUT2D eigenvalue weighted by Crippen LogP contribution is 2.24. The summed E-state index contributed by atoms with van der Waals surface area (Å²) in [7, 11) is 1.36. The van der Waals surface area contributed by atoms with Gasteiger partial charge in [0.25, 0.3) is 5.91 Å². The van der Waals surface area contributed by atoms with E-state index in [0.29, 0.717) is 10.6 Å². The average Bonchev–Trinajstić information content (AvgIpc) is 3.18. The largest absolute Gasteiger partial charge is 0.357 e. The Morgan fingerprint density at radius 1 is 1.04 bits per heavy atom. The molecular weight excluding hydrogens is 391 g/mol. The molecule has 3 rings (SSSR count). The molecule has 0 radical (unpaired) electrons. The summed E-state index contributed by atoms with van der Waals surface area (Å²) in [4.78, 5) is 28.9. The van der Waals surface area contributed by atoms with Crippen LogP contribution in [0.3, 0.4) is 0 Å². The molecule has 0 bridgehead atoms. The van der Waals surface area contributed by atoms with Crippen molar-refractivity contribution in [3.8, 4) is 10.6 Å². The number of likely N-dealkylation sites (N-methyl/N-ethyl adjacent to an activating group) is 1. The molecule has 0 fully saturated rings. The minimum atomic E-state index is -1.23. The standard InChI is InChI=1S/C19H14F3N3O2S/c1-23-18(27)16(11-4-7-13(21)14(22)8-11)25-17(26)15-9-28-19(24-15)10-2-5-12(20)6-3-10/h2-9,16H,1H3,(H,23,27)(H,25,26).